The van der Waals surface area contributed by atoms with E-state index in [1.807, 2.05) is 13.8 Å². The van der Waals surface area contributed by atoms with E-state index in [0.717, 1.165) is 0 Å². The molecule has 16 heavy (non-hydrogen) atoms. The Hall–Kier alpha value is -1.28. The molecule has 0 radical (unpaired) electrons. The predicted molar refractivity (Wildman–Crippen MR) is 67.7 cm³/mol. The molecule has 0 spiro atoms. The van der Waals surface area contributed by atoms with Gasteiger partial charge in [-0.15, -0.1) is 0 Å². The van der Waals surface area contributed by atoms with Gasteiger partial charge in [0.25, 0.3) is 0 Å². The first-order chi connectivity index (χ1) is 7.37. The molecule has 0 aliphatic carbocycles. The van der Waals surface area contributed by atoms with E-state index in [1.165, 1.54) is 22.0 Å². The molecule has 2 heteroatoms. The summed E-state index contributed by atoms with van der Waals surface area (Å²) in [4.78, 5) is 0. The van der Waals surface area contributed by atoms with E-state index < -0.39 is 5.60 Å². The van der Waals surface area contributed by atoms with Crippen LogP contribution in [0.2, 0.25) is 0 Å². The van der Waals surface area contributed by atoms with Crippen LogP contribution >= 0.6 is 0 Å². The zero-order valence-corrected chi connectivity index (χ0v) is 10.4. The van der Waals surface area contributed by atoms with Gasteiger partial charge in [-0.05, 0) is 44.0 Å². The molecule has 1 aromatic carbocycles. The van der Waals surface area contributed by atoms with Gasteiger partial charge < -0.3 is 9.67 Å². The van der Waals surface area contributed by atoms with Crippen molar-refractivity contribution in [1.29, 1.82) is 0 Å². The minimum atomic E-state index is -0.642. The molecule has 2 nitrogen and oxygen atoms in total. The summed E-state index contributed by atoms with van der Waals surface area (Å²) < 4.78 is 2.14. The molecular formula is C14H19NO. The lowest BCUT2D eigenvalue weighted by atomic mass is 9.97. The highest BCUT2D eigenvalue weighted by Gasteiger charge is 2.14. The third kappa shape index (κ3) is 2.12. The highest BCUT2D eigenvalue weighted by molar-refractivity contribution is 5.84. The molecule has 0 unspecified atom stereocenters. The quantitative estimate of drug-likeness (QED) is 0.822. The summed E-state index contributed by atoms with van der Waals surface area (Å²) in [6, 6.07) is 6.41. The molecule has 0 atom stereocenters. The minimum absolute atomic E-state index is 0.642. The van der Waals surface area contributed by atoms with Crippen LogP contribution in [-0.2, 0) is 13.5 Å². The van der Waals surface area contributed by atoms with E-state index >= 15 is 0 Å². The average Bonchev–Trinajstić information content (AvgIpc) is 2.40. The summed E-state index contributed by atoms with van der Waals surface area (Å²) in [6.45, 7) is 5.81. The Balaban J connectivity index is 2.48. The number of benzene rings is 1. The number of aryl methyl sites for hydroxylation is 2. The summed E-state index contributed by atoms with van der Waals surface area (Å²) >= 11 is 0. The number of fused-ring (bicyclic) bond motifs is 1. The molecule has 2 aromatic rings. The van der Waals surface area contributed by atoms with E-state index in [0.29, 0.717) is 6.42 Å². The molecule has 2 rings (SSSR count). The topological polar surface area (TPSA) is 25.2 Å². The average molecular weight is 217 g/mol. The van der Waals surface area contributed by atoms with Gasteiger partial charge in [-0.1, -0.05) is 6.07 Å². The molecule has 0 saturated carbocycles. The standard InChI is InChI=1S/C14H19NO/c1-10-9-15(4)13-6-5-11(7-12(10)13)8-14(2,3)16/h5-7,9,16H,8H2,1-4H3. The van der Waals surface area contributed by atoms with Crippen molar-refractivity contribution in [1.82, 2.24) is 4.57 Å². The summed E-state index contributed by atoms with van der Waals surface area (Å²) in [5, 5.41) is 11.1. The molecular weight excluding hydrogens is 198 g/mol. The van der Waals surface area contributed by atoms with Gasteiger partial charge in [-0.3, -0.25) is 0 Å². The van der Waals surface area contributed by atoms with Crippen molar-refractivity contribution < 1.29 is 5.11 Å². The van der Waals surface area contributed by atoms with Gasteiger partial charge in [-0.2, -0.15) is 0 Å². The van der Waals surface area contributed by atoms with Crippen LogP contribution in [0.1, 0.15) is 25.0 Å². The Labute approximate surface area is 96.5 Å². The lowest BCUT2D eigenvalue weighted by Gasteiger charge is -2.17. The van der Waals surface area contributed by atoms with Gasteiger partial charge >= 0.3 is 0 Å². The Morgan fingerprint density at radius 1 is 1.31 bits per heavy atom. The van der Waals surface area contributed by atoms with E-state index in [1.54, 1.807) is 0 Å². The number of rotatable bonds is 2. The fraction of sp³-hybridized carbons (Fsp3) is 0.429. The summed E-state index contributed by atoms with van der Waals surface area (Å²) in [5.74, 6) is 0. The molecule has 0 fully saturated rings. The van der Waals surface area contributed by atoms with Crippen LogP contribution in [0.4, 0.5) is 0 Å². The van der Waals surface area contributed by atoms with Crippen LogP contribution in [0.3, 0.4) is 0 Å². The van der Waals surface area contributed by atoms with Crippen LogP contribution in [0.25, 0.3) is 10.9 Å². The highest BCUT2D eigenvalue weighted by atomic mass is 16.3. The molecule has 1 heterocycles. The van der Waals surface area contributed by atoms with E-state index in [9.17, 15) is 5.11 Å². The number of aliphatic hydroxyl groups is 1. The second kappa shape index (κ2) is 3.63. The SMILES string of the molecule is Cc1cn(C)c2ccc(CC(C)(C)O)cc12. The Morgan fingerprint density at radius 3 is 2.62 bits per heavy atom. The number of nitrogens with zero attached hydrogens (tertiary/aromatic N) is 1. The number of hydrogen-bond donors (Lipinski definition) is 1. The van der Waals surface area contributed by atoms with Gasteiger partial charge in [0.2, 0.25) is 0 Å². The first-order valence-corrected chi connectivity index (χ1v) is 5.64. The largest absolute Gasteiger partial charge is 0.390 e. The van der Waals surface area contributed by atoms with Gasteiger partial charge in [0, 0.05) is 30.6 Å². The summed E-state index contributed by atoms with van der Waals surface area (Å²) in [6.07, 6.45) is 2.83. The molecule has 0 aliphatic rings. The maximum Gasteiger partial charge on any atom is 0.0631 e. The molecule has 0 aliphatic heterocycles. The lowest BCUT2D eigenvalue weighted by molar-refractivity contribution is 0.0810. The predicted octanol–water partition coefficient (Wildman–Crippen LogP) is 2.80. The van der Waals surface area contributed by atoms with E-state index in [4.69, 9.17) is 0 Å². The van der Waals surface area contributed by atoms with Crippen molar-refractivity contribution in [2.45, 2.75) is 32.8 Å². The normalized spacial score (nSPS) is 12.3. The lowest BCUT2D eigenvalue weighted by Crippen LogP contribution is -2.21. The molecule has 1 N–H and O–H groups in total. The van der Waals surface area contributed by atoms with Gasteiger partial charge in [0.05, 0.1) is 5.60 Å². The van der Waals surface area contributed by atoms with Gasteiger partial charge in [0.1, 0.15) is 0 Å². The first kappa shape index (κ1) is 11.2. The summed E-state index contributed by atoms with van der Waals surface area (Å²) in [5.41, 5.74) is 3.08. The molecule has 0 bridgehead atoms. The van der Waals surface area contributed by atoms with E-state index in [-0.39, 0.29) is 0 Å². The van der Waals surface area contributed by atoms with Crippen molar-refractivity contribution in [2.24, 2.45) is 7.05 Å². The maximum atomic E-state index is 9.81. The van der Waals surface area contributed by atoms with Crippen LogP contribution in [0, 0.1) is 6.92 Å². The molecule has 1 aromatic heterocycles. The van der Waals surface area contributed by atoms with E-state index in [2.05, 4.69) is 42.9 Å². The van der Waals surface area contributed by atoms with Crippen LogP contribution < -0.4 is 0 Å². The van der Waals surface area contributed by atoms with Crippen LogP contribution in [0.5, 0.6) is 0 Å². The van der Waals surface area contributed by atoms with Gasteiger partial charge in [-0.25, -0.2) is 0 Å². The monoisotopic (exact) mass is 217 g/mol. The second-order valence-electron chi connectivity index (χ2n) is 5.26. The molecule has 0 amide bonds. The summed E-state index contributed by atoms with van der Waals surface area (Å²) in [7, 11) is 2.06. The molecule has 0 saturated heterocycles. The fourth-order valence-electron chi connectivity index (χ4n) is 2.25. The van der Waals surface area contributed by atoms with Crippen molar-refractivity contribution in [3.05, 3.63) is 35.5 Å². The Kier molecular flexibility index (Phi) is 2.55. The Bertz CT molecular complexity index is 517. The zero-order chi connectivity index (χ0) is 11.9. The fourth-order valence-corrected chi connectivity index (χ4v) is 2.25. The van der Waals surface area contributed by atoms with Crippen molar-refractivity contribution >= 4 is 10.9 Å². The first-order valence-electron chi connectivity index (χ1n) is 5.64. The third-order valence-electron chi connectivity index (χ3n) is 2.89. The second-order valence-corrected chi connectivity index (χ2v) is 5.26. The van der Waals surface area contributed by atoms with Crippen molar-refractivity contribution in [3.63, 3.8) is 0 Å². The zero-order valence-electron chi connectivity index (χ0n) is 10.4. The Morgan fingerprint density at radius 2 is 2.00 bits per heavy atom. The number of hydrogen-bond acceptors (Lipinski definition) is 1. The van der Waals surface area contributed by atoms with Crippen LogP contribution in [-0.4, -0.2) is 15.3 Å². The smallest absolute Gasteiger partial charge is 0.0631 e. The molecule has 86 valence electrons. The van der Waals surface area contributed by atoms with Crippen molar-refractivity contribution in [3.8, 4) is 0 Å². The highest BCUT2D eigenvalue weighted by Crippen LogP contribution is 2.23. The van der Waals surface area contributed by atoms with Gasteiger partial charge in [0.15, 0.2) is 0 Å². The van der Waals surface area contributed by atoms with Crippen molar-refractivity contribution in [2.75, 3.05) is 0 Å². The number of aromatic nitrogens is 1. The maximum absolute atomic E-state index is 9.81. The van der Waals surface area contributed by atoms with Crippen LogP contribution in [0.15, 0.2) is 24.4 Å². The third-order valence-corrected chi connectivity index (χ3v) is 2.89. The minimum Gasteiger partial charge on any atom is -0.390 e.